The minimum Gasteiger partial charge on any atom is -0.399 e. The van der Waals surface area contributed by atoms with Crippen molar-refractivity contribution >= 4 is 49.5 Å². The molecule has 0 aliphatic rings. The third-order valence-corrected chi connectivity index (χ3v) is 4.54. The van der Waals surface area contributed by atoms with Crippen molar-refractivity contribution < 1.29 is 0 Å². The average molecular weight is 334 g/mol. The van der Waals surface area contributed by atoms with Gasteiger partial charge in [-0.25, -0.2) is 0 Å². The maximum atomic E-state index is 5.78. The second-order valence-electron chi connectivity index (χ2n) is 4.22. The summed E-state index contributed by atoms with van der Waals surface area (Å²) in [4.78, 5) is 5.62. The fourth-order valence-electron chi connectivity index (χ4n) is 1.95. The number of nitrogen functional groups attached to an aromatic ring is 1. The van der Waals surface area contributed by atoms with Gasteiger partial charge in [0.05, 0.1) is 5.52 Å². The molecule has 0 saturated carbocycles. The highest BCUT2D eigenvalue weighted by Gasteiger charge is 2.03. The zero-order valence-electron chi connectivity index (χ0n) is 10.1. The number of thiophene rings is 1. The average Bonchev–Trinajstić information content (AvgIpc) is 2.81. The Hall–Kier alpha value is -1.59. The van der Waals surface area contributed by atoms with E-state index in [1.165, 1.54) is 4.88 Å². The van der Waals surface area contributed by atoms with Crippen LogP contribution in [0.4, 0.5) is 11.4 Å². The molecule has 3 rings (SSSR count). The van der Waals surface area contributed by atoms with Crippen LogP contribution < -0.4 is 11.1 Å². The van der Waals surface area contributed by atoms with Gasteiger partial charge in [-0.2, -0.15) is 0 Å². The first-order valence-corrected chi connectivity index (χ1v) is 7.51. The van der Waals surface area contributed by atoms with Gasteiger partial charge in [-0.1, -0.05) is 0 Å². The van der Waals surface area contributed by atoms with Crippen LogP contribution in [0.1, 0.15) is 4.88 Å². The minimum atomic E-state index is 0.735. The quantitative estimate of drug-likeness (QED) is 0.704. The van der Waals surface area contributed by atoms with Gasteiger partial charge >= 0.3 is 0 Å². The number of hydrogen-bond acceptors (Lipinski definition) is 4. The van der Waals surface area contributed by atoms with Crippen molar-refractivity contribution in [3.8, 4) is 0 Å². The Kier molecular flexibility index (Phi) is 3.40. The van der Waals surface area contributed by atoms with Crippen LogP contribution in [0.15, 0.2) is 46.4 Å². The van der Waals surface area contributed by atoms with Gasteiger partial charge in [-0.05, 0) is 46.3 Å². The van der Waals surface area contributed by atoms with Gasteiger partial charge in [0.25, 0.3) is 0 Å². The van der Waals surface area contributed by atoms with Gasteiger partial charge in [0, 0.05) is 44.2 Å². The Morgan fingerprint density at radius 3 is 2.95 bits per heavy atom. The first kappa shape index (κ1) is 12.4. The molecule has 96 valence electrons. The summed E-state index contributed by atoms with van der Waals surface area (Å²) in [5, 5.41) is 6.62. The van der Waals surface area contributed by atoms with Gasteiger partial charge in [-0.15, -0.1) is 11.3 Å². The molecule has 0 fully saturated rings. The van der Waals surface area contributed by atoms with Crippen molar-refractivity contribution in [1.29, 1.82) is 0 Å². The molecule has 0 bridgehead atoms. The molecular formula is C14H12BrN3S. The summed E-state index contributed by atoms with van der Waals surface area (Å²) < 4.78 is 1.13. The summed E-state index contributed by atoms with van der Waals surface area (Å²) in [6.45, 7) is 0.805. The summed E-state index contributed by atoms with van der Waals surface area (Å²) in [5.41, 5.74) is 8.51. The van der Waals surface area contributed by atoms with Gasteiger partial charge in [-0.3, -0.25) is 4.98 Å². The van der Waals surface area contributed by atoms with Gasteiger partial charge in [0.15, 0.2) is 0 Å². The fourth-order valence-corrected chi connectivity index (χ4v) is 3.34. The van der Waals surface area contributed by atoms with E-state index >= 15 is 0 Å². The summed E-state index contributed by atoms with van der Waals surface area (Å²) in [7, 11) is 0. The standard InChI is InChI=1S/C14H12BrN3S/c15-9-5-11(19-8-9)7-18-13-3-4-17-14-6-10(16)1-2-12(13)14/h1-6,8H,7,16H2,(H,17,18). The lowest BCUT2D eigenvalue weighted by molar-refractivity contribution is 1.19. The maximum absolute atomic E-state index is 5.78. The number of pyridine rings is 1. The van der Waals surface area contributed by atoms with Crippen molar-refractivity contribution in [2.75, 3.05) is 11.1 Å². The van der Waals surface area contributed by atoms with E-state index in [1.54, 1.807) is 17.5 Å². The predicted molar refractivity (Wildman–Crippen MR) is 85.5 cm³/mol. The highest BCUT2D eigenvalue weighted by Crippen LogP contribution is 2.25. The molecule has 0 amide bonds. The number of benzene rings is 1. The maximum Gasteiger partial charge on any atom is 0.0743 e. The van der Waals surface area contributed by atoms with Crippen LogP contribution in [0.3, 0.4) is 0 Å². The molecule has 0 atom stereocenters. The summed E-state index contributed by atoms with van der Waals surface area (Å²) in [6.07, 6.45) is 1.80. The molecule has 0 saturated heterocycles. The molecule has 0 unspecified atom stereocenters. The third-order valence-electron chi connectivity index (χ3n) is 2.84. The molecule has 5 heteroatoms. The third kappa shape index (κ3) is 2.72. The lowest BCUT2D eigenvalue weighted by Gasteiger charge is -2.08. The number of nitrogens with zero attached hydrogens (tertiary/aromatic N) is 1. The van der Waals surface area contributed by atoms with Crippen LogP contribution in [0.5, 0.6) is 0 Å². The lowest BCUT2D eigenvalue weighted by atomic mass is 10.1. The normalized spacial score (nSPS) is 10.8. The predicted octanol–water partition coefficient (Wildman–Crippen LogP) is 4.25. The molecular weight excluding hydrogens is 322 g/mol. The van der Waals surface area contributed by atoms with E-state index in [9.17, 15) is 0 Å². The van der Waals surface area contributed by atoms with Crippen LogP contribution in [-0.4, -0.2) is 4.98 Å². The molecule has 19 heavy (non-hydrogen) atoms. The topological polar surface area (TPSA) is 50.9 Å². The van der Waals surface area contributed by atoms with E-state index in [0.717, 1.165) is 33.3 Å². The fraction of sp³-hybridized carbons (Fsp3) is 0.0714. The monoisotopic (exact) mass is 333 g/mol. The minimum absolute atomic E-state index is 0.735. The Bertz CT molecular complexity index is 724. The number of halogens is 1. The molecule has 0 aliphatic heterocycles. The second-order valence-corrected chi connectivity index (χ2v) is 6.13. The van der Waals surface area contributed by atoms with Gasteiger partial charge in [0.1, 0.15) is 0 Å². The molecule has 3 nitrogen and oxygen atoms in total. The number of hydrogen-bond donors (Lipinski definition) is 2. The van der Waals surface area contributed by atoms with Crippen LogP contribution in [-0.2, 0) is 6.54 Å². The van der Waals surface area contributed by atoms with Crippen molar-refractivity contribution in [3.63, 3.8) is 0 Å². The number of nitrogens with one attached hydrogen (secondary N) is 1. The molecule has 3 N–H and O–H groups in total. The summed E-state index contributed by atoms with van der Waals surface area (Å²) >= 11 is 5.20. The van der Waals surface area contributed by atoms with Gasteiger partial charge in [0.2, 0.25) is 0 Å². The highest BCUT2D eigenvalue weighted by molar-refractivity contribution is 9.10. The van der Waals surface area contributed by atoms with Crippen LogP contribution in [0.25, 0.3) is 10.9 Å². The first-order valence-electron chi connectivity index (χ1n) is 5.83. The van der Waals surface area contributed by atoms with Crippen molar-refractivity contribution in [2.45, 2.75) is 6.54 Å². The van der Waals surface area contributed by atoms with Crippen LogP contribution >= 0.6 is 27.3 Å². The molecule has 0 radical (unpaired) electrons. The zero-order valence-corrected chi connectivity index (χ0v) is 12.5. The molecule has 2 aromatic heterocycles. The highest BCUT2D eigenvalue weighted by atomic mass is 79.9. The van der Waals surface area contributed by atoms with E-state index in [2.05, 4.69) is 37.7 Å². The SMILES string of the molecule is Nc1ccc2c(NCc3cc(Br)cs3)ccnc2c1. The first-order chi connectivity index (χ1) is 9.22. The van der Waals surface area contributed by atoms with Crippen molar-refractivity contribution in [1.82, 2.24) is 4.98 Å². The Balaban J connectivity index is 1.88. The molecule has 3 aromatic rings. The molecule has 1 aromatic carbocycles. The van der Waals surface area contributed by atoms with E-state index < -0.39 is 0 Å². The zero-order chi connectivity index (χ0) is 13.2. The Morgan fingerprint density at radius 1 is 1.26 bits per heavy atom. The van der Waals surface area contributed by atoms with Gasteiger partial charge < -0.3 is 11.1 Å². The smallest absolute Gasteiger partial charge is 0.0743 e. The van der Waals surface area contributed by atoms with E-state index in [0.29, 0.717) is 0 Å². The van der Waals surface area contributed by atoms with Crippen LogP contribution in [0, 0.1) is 0 Å². The van der Waals surface area contributed by atoms with E-state index in [4.69, 9.17) is 5.73 Å². The van der Waals surface area contributed by atoms with E-state index in [1.807, 2.05) is 24.3 Å². The summed E-state index contributed by atoms with van der Waals surface area (Å²) in [5.74, 6) is 0. The van der Waals surface area contributed by atoms with Crippen LogP contribution in [0.2, 0.25) is 0 Å². The number of anilines is 2. The lowest BCUT2D eigenvalue weighted by Crippen LogP contribution is -1.98. The largest absolute Gasteiger partial charge is 0.399 e. The number of fused-ring (bicyclic) bond motifs is 1. The molecule has 2 heterocycles. The number of rotatable bonds is 3. The number of nitrogens with two attached hydrogens (primary N) is 1. The van der Waals surface area contributed by atoms with Crippen molar-refractivity contribution in [2.24, 2.45) is 0 Å². The molecule has 0 spiro atoms. The Morgan fingerprint density at radius 2 is 2.16 bits per heavy atom. The molecule has 0 aliphatic carbocycles. The number of aromatic nitrogens is 1. The summed E-state index contributed by atoms with van der Waals surface area (Å²) in [6, 6.07) is 9.91. The Labute approximate surface area is 123 Å². The van der Waals surface area contributed by atoms with Crippen molar-refractivity contribution in [3.05, 3.63) is 51.3 Å². The second kappa shape index (κ2) is 5.19. The van der Waals surface area contributed by atoms with E-state index in [-0.39, 0.29) is 0 Å².